The number of hydrogen-bond acceptors (Lipinski definition) is 3. The summed E-state index contributed by atoms with van der Waals surface area (Å²) in [6.07, 6.45) is 1.84. The van der Waals surface area contributed by atoms with Crippen molar-refractivity contribution in [1.29, 1.82) is 0 Å². The van der Waals surface area contributed by atoms with Crippen LogP contribution in [0.3, 0.4) is 0 Å². The summed E-state index contributed by atoms with van der Waals surface area (Å²) < 4.78 is 0. The van der Waals surface area contributed by atoms with E-state index in [-0.39, 0.29) is 0 Å². The monoisotopic (exact) mass is 258 g/mol. The molecule has 1 fully saturated rings. The first kappa shape index (κ1) is 10.1. The Balaban J connectivity index is 1.93. The van der Waals surface area contributed by atoms with Crippen molar-refractivity contribution in [3.8, 4) is 0 Å². The first-order valence-electron chi connectivity index (χ1n) is 4.87. The summed E-state index contributed by atoms with van der Waals surface area (Å²) in [5.41, 5.74) is 1.06. The average molecular weight is 259 g/mol. The van der Waals surface area contributed by atoms with E-state index in [1.165, 1.54) is 0 Å². The minimum atomic E-state index is 0.624. The molecule has 78 valence electrons. The van der Waals surface area contributed by atoms with Crippen LogP contribution in [-0.2, 0) is 13.6 Å². The molecule has 14 heavy (non-hydrogen) atoms. The van der Waals surface area contributed by atoms with E-state index in [2.05, 4.69) is 38.0 Å². The largest absolute Gasteiger partial charge is 0.296 e. The molecule has 1 saturated heterocycles. The van der Waals surface area contributed by atoms with Crippen LogP contribution < -0.4 is 0 Å². The molecule has 2 atom stereocenters. The van der Waals surface area contributed by atoms with E-state index in [1.807, 2.05) is 13.2 Å². The number of hydrogen-bond donors (Lipinski definition) is 0. The molecule has 0 aliphatic carbocycles. The van der Waals surface area contributed by atoms with Gasteiger partial charge in [-0.25, -0.2) is 0 Å². The molecule has 2 rings (SSSR count). The third-order valence-corrected chi connectivity index (χ3v) is 3.82. The van der Waals surface area contributed by atoms with Crippen LogP contribution in [0.1, 0.15) is 12.6 Å². The molecule has 0 spiro atoms. The van der Waals surface area contributed by atoms with Gasteiger partial charge in [0.05, 0.1) is 11.9 Å². The summed E-state index contributed by atoms with van der Waals surface area (Å²) in [7, 11) is 1.85. The number of halogens is 1. The lowest BCUT2D eigenvalue weighted by Crippen LogP contribution is -2.20. The highest BCUT2D eigenvalue weighted by Crippen LogP contribution is 2.23. The van der Waals surface area contributed by atoms with Crippen LogP contribution in [0.15, 0.2) is 6.20 Å². The van der Waals surface area contributed by atoms with E-state index in [0.717, 1.165) is 31.2 Å². The fraction of sp³-hybridized carbons (Fsp3) is 0.778. The van der Waals surface area contributed by atoms with E-state index in [4.69, 9.17) is 0 Å². The molecular weight excluding hydrogens is 244 g/mol. The topological polar surface area (TPSA) is 34.0 Å². The van der Waals surface area contributed by atoms with Crippen LogP contribution >= 0.6 is 15.9 Å². The number of aryl methyl sites for hydroxylation is 1. The minimum absolute atomic E-state index is 0.624. The normalized spacial score (nSPS) is 28.5. The SMILES string of the molecule is CC1CN(Cc2cnn(C)n2)CC1Br. The molecule has 0 saturated carbocycles. The number of rotatable bonds is 2. The standard InChI is InChI=1S/C9H15BrN4/c1-7-4-14(6-9(7)10)5-8-3-11-13(2)12-8/h3,7,9H,4-6H2,1-2H3. The molecule has 1 aliphatic heterocycles. The number of likely N-dealkylation sites (tertiary alicyclic amines) is 1. The van der Waals surface area contributed by atoms with Gasteiger partial charge in [0, 0.05) is 31.5 Å². The van der Waals surface area contributed by atoms with Crippen molar-refractivity contribution >= 4 is 15.9 Å². The molecule has 1 aromatic rings. The van der Waals surface area contributed by atoms with Crippen LogP contribution in [-0.4, -0.2) is 37.8 Å². The Hall–Kier alpha value is -0.420. The second-order valence-electron chi connectivity index (χ2n) is 4.01. The molecule has 0 aromatic carbocycles. The van der Waals surface area contributed by atoms with Gasteiger partial charge >= 0.3 is 0 Å². The third-order valence-electron chi connectivity index (χ3n) is 2.63. The molecule has 1 aliphatic rings. The van der Waals surface area contributed by atoms with Crippen molar-refractivity contribution in [2.24, 2.45) is 13.0 Å². The van der Waals surface area contributed by atoms with Gasteiger partial charge in [-0.2, -0.15) is 15.0 Å². The summed E-state index contributed by atoms with van der Waals surface area (Å²) in [4.78, 5) is 4.65. The Morgan fingerprint density at radius 1 is 1.57 bits per heavy atom. The highest BCUT2D eigenvalue weighted by Gasteiger charge is 2.27. The lowest BCUT2D eigenvalue weighted by atomic mass is 10.2. The van der Waals surface area contributed by atoms with E-state index in [0.29, 0.717) is 4.83 Å². The second kappa shape index (κ2) is 3.98. The van der Waals surface area contributed by atoms with Gasteiger partial charge < -0.3 is 0 Å². The lowest BCUT2D eigenvalue weighted by molar-refractivity contribution is 0.315. The maximum absolute atomic E-state index is 4.27. The van der Waals surface area contributed by atoms with Crippen molar-refractivity contribution in [2.75, 3.05) is 13.1 Å². The smallest absolute Gasteiger partial charge is 0.0967 e. The molecule has 1 aromatic heterocycles. The molecule has 0 amide bonds. The first-order chi connectivity index (χ1) is 6.65. The maximum atomic E-state index is 4.27. The van der Waals surface area contributed by atoms with Gasteiger partial charge in [-0.3, -0.25) is 4.90 Å². The molecule has 2 unspecified atom stereocenters. The molecule has 0 radical (unpaired) electrons. The van der Waals surface area contributed by atoms with Crippen LogP contribution in [0.25, 0.3) is 0 Å². The second-order valence-corrected chi connectivity index (χ2v) is 5.19. The van der Waals surface area contributed by atoms with Crippen molar-refractivity contribution in [2.45, 2.75) is 18.3 Å². The molecule has 0 bridgehead atoms. The fourth-order valence-corrected chi connectivity index (χ4v) is 2.42. The zero-order valence-electron chi connectivity index (χ0n) is 8.52. The fourth-order valence-electron chi connectivity index (χ4n) is 1.84. The first-order valence-corrected chi connectivity index (χ1v) is 5.78. The van der Waals surface area contributed by atoms with E-state index < -0.39 is 0 Å². The van der Waals surface area contributed by atoms with Gasteiger partial charge in [-0.15, -0.1) is 0 Å². The van der Waals surface area contributed by atoms with Crippen molar-refractivity contribution < 1.29 is 0 Å². The average Bonchev–Trinajstić information content (AvgIpc) is 2.62. The summed E-state index contributed by atoms with van der Waals surface area (Å²) in [5.74, 6) is 0.728. The minimum Gasteiger partial charge on any atom is -0.296 e. The Bertz CT molecular complexity index is 302. The highest BCUT2D eigenvalue weighted by molar-refractivity contribution is 9.09. The van der Waals surface area contributed by atoms with E-state index >= 15 is 0 Å². The zero-order valence-corrected chi connectivity index (χ0v) is 10.1. The van der Waals surface area contributed by atoms with Gasteiger partial charge in [0.25, 0.3) is 0 Å². The number of alkyl halides is 1. The van der Waals surface area contributed by atoms with Crippen molar-refractivity contribution in [3.63, 3.8) is 0 Å². The molecule has 5 heteroatoms. The summed E-state index contributed by atoms with van der Waals surface area (Å²) in [6, 6.07) is 0. The van der Waals surface area contributed by atoms with Gasteiger partial charge in [-0.1, -0.05) is 22.9 Å². The summed E-state index contributed by atoms with van der Waals surface area (Å²) in [5, 5.41) is 8.34. The molecular formula is C9H15BrN4. The van der Waals surface area contributed by atoms with Crippen LogP contribution in [0.2, 0.25) is 0 Å². The summed E-state index contributed by atoms with van der Waals surface area (Å²) >= 11 is 3.68. The van der Waals surface area contributed by atoms with Gasteiger partial charge in [0.1, 0.15) is 0 Å². The third kappa shape index (κ3) is 2.15. The zero-order chi connectivity index (χ0) is 10.1. The highest BCUT2D eigenvalue weighted by atomic mass is 79.9. The predicted molar refractivity (Wildman–Crippen MR) is 58.2 cm³/mol. The maximum Gasteiger partial charge on any atom is 0.0967 e. The van der Waals surface area contributed by atoms with Crippen LogP contribution in [0.5, 0.6) is 0 Å². The predicted octanol–water partition coefficient (Wildman–Crippen LogP) is 1.03. The molecule has 2 heterocycles. The summed E-state index contributed by atoms with van der Waals surface area (Å²) in [6.45, 7) is 5.45. The Labute approximate surface area is 92.4 Å². The number of nitrogens with zero attached hydrogens (tertiary/aromatic N) is 4. The van der Waals surface area contributed by atoms with Crippen LogP contribution in [0.4, 0.5) is 0 Å². The van der Waals surface area contributed by atoms with Crippen LogP contribution in [0, 0.1) is 5.92 Å². The van der Waals surface area contributed by atoms with E-state index in [9.17, 15) is 0 Å². The van der Waals surface area contributed by atoms with Crippen molar-refractivity contribution in [1.82, 2.24) is 19.9 Å². The Morgan fingerprint density at radius 2 is 2.36 bits per heavy atom. The van der Waals surface area contributed by atoms with Gasteiger partial charge in [0.2, 0.25) is 0 Å². The van der Waals surface area contributed by atoms with Gasteiger partial charge in [0.15, 0.2) is 0 Å². The van der Waals surface area contributed by atoms with Crippen molar-refractivity contribution in [3.05, 3.63) is 11.9 Å². The van der Waals surface area contributed by atoms with Gasteiger partial charge in [-0.05, 0) is 5.92 Å². The Morgan fingerprint density at radius 3 is 2.86 bits per heavy atom. The quantitative estimate of drug-likeness (QED) is 0.744. The molecule has 4 nitrogen and oxygen atoms in total. The Kier molecular flexibility index (Phi) is 2.88. The lowest BCUT2D eigenvalue weighted by Gasteiger charge is -2.12. The van der Waals surface area contributed by atoms with E-state index in [1.54, 1.807) is 4.80 Å². The number of aromatic nitrogens is 3. The molecule has 0 N–H and O–H groups in total.